The van der Waals surface area contributed by atoms with E-state index < -0.39 is 17.5 Å². The Hall–Kier alpha value is -2.40. The first-order valence-electron chi connectivity index (χ1n) is 7.02. The van der Waals surface area contributed by atoms with Crippen LogP contribution >= 0.6 is 0 Å². The van der Waals surface area contributed by atoms with Crippen LogP contribution in [0.3, 0.4) is 0 Å². The fourth-order valence-electron chi connectivity index (χ4n) is 1.59. The van der Waals surface area contributed by atoms with E-state index >= 15 is 0 Å². The van der Waals surface area contributed by atoms with E-state index in [0.29, 0.717) is 6.42 Å². The summed E-state index contributed by atoms with van der Waals surface area (Å²) in [6.45, 7) is 5.28. The molecule has 0 amide bonds. The molecule has 0 heterocycles. The summed E-state index contributed by atoms with van der Waals surface area (Å²) in [6, 6.07) is 3.18. The molecule has 0 rings (SSSR count). The van der Waals surface area contributed by atoms with Gasteiger partial charge in [-0.25, -0.2) is 9.59 Å². The van der Waals surface area contributed by atoms with Crippen LogP contribution in [0.2, 0.25) is 0 Å². The summed E-state index contributed by atoms with van der Waals surface area (Å²) in [5.41, 5.74) is -0.695. The fraction of sp³-hybridized carbons (Fsp3) is 0.500. The molecule has 112 valence electrons. The Balaban J connectivity index is 4.19. The Morgan fingerprint density at radius 3 is 2.24 bits per heavy atom. The van der Waals surface area contributed by atoms with Crippen molar-refractivity contribution in [3.8, 4) is 12.1 Å². The molecule has 0 aromatic rings. The monoisotopic (exact) mass is 288 g/mol. The van der Waals surface area contributed by atoms with E-state index in [1.807, 2.05) is 0 Å². The zero-order valence-corrected chi connectivity index (χ0v) is 12.4. The maximum atomic E-state index is 11.5. The quantitative estimate of drug-likeness (QED) is 0.213. The van der Waals surface area contributed by atoms with Crippen molar-refractivity contribution in [1.82, 2.24) is 0 Å². The highest BCUT2D eigenvalue weighted by Gasteiger charge is 2.17. The molecule has 0 aliphatic carbocycles. The molecule has 5 heteroatoms. The molecular formula is C16H20N2O3. The molecule has 0 saturated heterocycles. The van der Waals surface area contributed by atoms with Crippen LogP contribution in [-0.2, 0) is 14.3 Å². The van der Waals surface area contributed by atoms with Crippen LogP contribution in [0.1, 0.15) is 51.9 Å². The molecule has 0 radical (unpaired) electrons. The molecule has 0 aliphatic heterocycles. The number of carbonyl (C=O) groups is 2. The SMILES string of the molecule is C=C(C#N)C(=O)OC(=O)C(C#N)=CCCCCCCCC. The normalized spacial score (nSPS) is 10.3. The lowest BCUT2D eigenvalue weighted by molar-refractivity contribution is -0.153. The average molecular weight is 288 g/mol. The van der Waals surface area contributed by atoms with Gasteiger partial charge in [0.2, 0.25) is 0 Å². The third-order valence-electron chi connectivity index (χ3n) is 2.81. The van der Waals surface area contributed by atoms with E-state index in [0.717, 1.165) is 19.3 Å². The smallest absolute Gasteiger partial charge is 0.356 e. The van der Waals surface area contributed by atoms with Crippen LogP contribution in [0.5, 0.6) is 0 Å². The summed E-state index contributed by atoms with van der Waals surface area (Å²) >= 11 is 0. The predicted octanol–water partition coefficient (Wildman–Crippen LogP) is 3.34. The molecule has 0 saturated carbocycles. The van der Waals surface area contributed by atoms with Crippen molar-refractivity contribution in [3.63, 3.8) is 0 Å². The van der Waals surface area contributed by atoms with E-state index in [4.69, 9.17) is 10.5 Å². The second kappa shape index (κ2) is 11.4. The second-order valence-corrected chi connectivity index (χ2v) is 4.55. The van der Waals surface area contributed by atoms with Gasteiger partial charge in [0, 0.05) is 0 Å². The molecule has 0 spiro atoms. The van der Waals surface area contributed by atoms with Gasteiger partial charge in [-0.3, -0.25) is 0 Å². The minimum Gasteiger partial charge on any atom is -0.385 e. The van der Waals surface area contributed by atoms with Gasteiger partial charge in [0.05, 0.1) is 0 Å². The van der Waals surface area contributed by atoms with E-state index in [1.165, 1.54) is 31.4 Å². The Labute approximate surface area is 125 Å². The third-order valence-corrected chi connectivity index (χ3v) is 2.81. The highest BCUT2D eigenvalue weighted by molar-refractivity contribution is 6.04. The molecule has 0 fully saturated rings. The summed E-state index contributed by atoms with van der Waals surface area (Å²) in [5.74, 6) is -2.16. The Morgan fingerprint density at radius 2 is 1.67 bits per heavy atom. The molecule has 5 nitrogen and oxygen atoms in total. The van der Waals surface area contributed by atoms with E-state index in [2.05, 4.69) is 18.2 Å². The summed E-state index contributed by atoms with van der Waals surface area (Å²) in [4.78, 5) is 22.7. The number of rotatable bonds is 9. The van der Waals surface area contributed by atoms with Crippen LogP contribution < -0.4 is 0 Å². The maximum Gasteiger partial charge on any atom is 0.356 e. The van der Waals surface area contributed by atoms with Crippen LogP contribution in [0.25, 0.3) is 0 Å². The molecule has 0 aliphatic rings. The topological polar surface area (TPSA) is 90.9 Å². The molecule has 0 aromatic carbocycles. The van der Waals surface area contributed by atoms with Gasteiger partial charge in [0.1, 0.15) is 23.3 Å². The Kier molecular flexibility index (Phi) is 10.1. The van der Waals surface area contributed by atoms with Gasteiger partial charge in [-0.15, -0.1) is 0 Å². The molecule has 21 heavy (non-hydrogen) atoms. The van der Waals surface area contributed by atoms with Crippen LogP contribution in [0.15, 0.2) is 23.8 Å². The number of ether oxygens (including phenoxy) is 1. The number of allylic oxidation sites excluding steroid dienone is 1. The van der Waals surface area contributed by atoms with Crippen molar-refractivity contribution in [3.05, 3.63) is 23.8 Å². The summed E-state index contributed by atoms with van der Waals surface area (Å²) < 4.78 is 4.38. The van der Waals surface area contributed by atoms with Crippen molar-refractivity contribution in [2.75, 3.05) is 0 Å². The highest BCUT2D eigenvalue weighted by Crippen LogP contribution is 2.09. The standard InChI is InChI=1S/C16H20N2O3/c1-3-4-5-6-7-8-9-10-14(12-18)16(20)21-15(19)13(2)11-17/h10H,2-9H2,1H3. The number of esters is 2. The molecule has 0 atom stereocenters. The number of hydrogen-bond donors (Lipinski definition) is 0. The lowest BCUT2D eigenvalue weighted by Crippen LogP contribution is -2.14. The van der Waals surface area contributed by atoms with Crippen molar-refractivity contribution < 1.29 is 14.3 Å². The summed E-state index contributed by atoms with van der Waals surface area (Å²) in [5, 5.41) is 17.3. The van der Waals surface area contributed by atoms with Gasteiger partial charge < -0.3 is 4.74 Å². The zero-order valence-electron chi connectivity index (χ0n) is 12.4. The molecule has 0 aromatic heterocycles. The van der Waals surface area contributed by atoms with Gasteiger partial charge in [0.15, 0.2) is 0 Å². The van der Waals surface area contributed by atoms with Crippen molar-refractivity contribution >= 4 is 11.9 Å². The van der Waals surface area contributed by atoms with Gasteiger partial charge >= 0.3 is 11.9 Å². The Bertz CT molecular complexity index is 493. The van der Waals surface area contributed by atoms with Crippen LogP contribution in [-0.4, -0.2) is 11.9 Å². The number of nitrogens with zero attached hydrogens (tertiary/aromatic N) is 2. The molecular weight excluding hydrogens is 268 g/mol. The van der Waals surface area contributed by atoms with E-state index in [1.54, 1.807) is 6.07 Å². The van der Waals surface area contributed by atoms with Crippen molar-refractivity contribution in [1.29, 1.82) is 10.5 Å². The molecule has 0 bridgehead atoms. The molecule has 0 N–H and O–H groups in total. The van der Waals surface area contributed by atoms with Gasteiger partial charge in [0.25, 0.3) is 0 Å². The van der Waals surface area contributed by atoms with E-state index in [-0.39, 0.29) is 5.57 Å². The van der Waals surface area contributed by atoms with Crippen LogP contribution in [0.4, 0.5) is 0 Å². The van der Waals surface area contributed by atoms with Gasteiger partial charge in [-0.05, 0) is 12.8 Å². The zero-order chi connectivity index (χ0) is 16.1. The predicted molar refractivity (Wildman–Crippen MR) is 77.5 cm³/mol. The number of unbranched alkanes of at least 4 members (excludes halogenated alkanes) is 6. The first-order valence-corrected chi connectivity index (χ1v) is 7.02. The number of hydrogen-bond acceptors (Lipinski definition) is 5. The second-order valence-electron chi connectivity index (χ2n) is 4.55. The fourth-order valence-corrected chi connectivity index (χ4v) is 1.59. The highest BCUT2D eigenvalue weighted by atomic mass is 16.6. The lowest BCUT2D eigenvalue weighted by Gasteiger charge is -2.00. The van der Waals surface area contributed by atoms with Gasteiger partial charge in [-0.2, -0.15) is 10.5 Å². The largest absolute Gasteiger partial charge is 0.385 e. The lowest BCUT2D eigenvalue weighted by atomic mass is 10.1. The van der Waals surface area contributed by atoms with Crippen LogP contribution in [0, 0.1) is 22.7 Å². The first kappa shape index (κ1) is 18.6. The van der Waals surface area contributed by atoms with Crippen molar-refractivity contribution in [2.24, 2.45) is 0 Å². The summed E-state index contributed by atoms with van der Waals surface area (Å²) in [6.07, 6.45) is 8.69. The average Bonchev–Trinajstić information content (AvgIpc) is 2.48. The first-order chi connectivity index (χ1) is 10.1. The minimum absolute atomic E-state index is 0.220. The third kappa shape index (κ3) is 8.39. The van der Waals surface area contributed by atoms with Gasteiger partial charge in [-0.1, -0.05) is 51.7 Å². The van der Waals surface area contributed by atoms with E-state index in [9.17, 15) is 9.59 Å². The Morgan fingerprint density at radius 1 is 1.05 bits per heavy atom. The maximum absolute atomic E-state index is 11.5. The number of carbonyl (C=O) groups excluding carboxylic acids is 2. The molecule has 0 unspecified atom stereocenters. The summed E-state index contributed by atoms with van der Waals surface area (Å²) in [7, 11) is 0. The number of nitriles is 2. The minimum atomic E-state index is -1.12. The van der Waals surface area contributed by atoms with Crippen molar-refractivity contribution in [2.45, 2.75) is 51.9 Å².